The van der Waals surface area contributed by atoms with Crippen molar-refractivity contribution in [3.63, 3.8) is 0 Å². The van der Waals surface area contributed by atoms with E-state index in [1.165, 1.54) is 12.1 Å². The van der Waals surface area contributed by atoms with Gasteiger partial charge in [0.2, 0.25) is 0 Å². The van der Waals surface area contributed by atoms with Crippen molar-refractivity contribution in [1.82, 2.24) is 0 Å². The predicted octanol–water partition coefficient (Wildman–Crippen LogP) is 7.50. The number of halogens is 5. The van der Waals surface area contributed by atoms with Crippen LogP contribution in [0.4, 0.5) is 22.0 Å². The molecule has 1 nitrogen and oxygen atoms in total. The summed E-state index contributed by atoms with van der Waals surface area (Å²) in [5.74, 6) is -8.45. The molecule has 0 spiro atoms. The van der Waals surface area contributed by atoms with Crippen molar-refractivity contribution in [3.05, 3.63) is 46.3 Å². The van der Waals surface area contributed by atoms with Gasteiger partial charge in [-0.25, -0.2) is 22.0 Å². The number of hydrogen-bond acceptors (Lipinski definition) is 1. The van der Waals surface area contributed by atoms with Gasteiger partial charge in [0.05, 0.1) is 16.6 Å². The van der Waals surface area contributed by atoms with E-state index in [0.717, 1.165) is 25.7 Å². The van der Waals surface area contributed by atoms with Crippen molar-refractivity contribution in [3.8, 4) is 0 Å². The molecule has 0 saturated heterocycles. The van der Waals surface area contributed by atoms with E-state index in [2.05, 4.69) is 6.92 Å². The molecule has 0 amide bonds. The summed E-state index contributed by atoms with van der Waals surface area (Å²) in [5.41, 5.74) is -2.47. The van der Waals surface area contributed by atoms with Crippen molar-refractivity contribution in [1.29, 1.82) is 0 Å². The number of benzene rings is 2. The fraction of sp³-hybridized carbons (Fsp3) is 0.600. The Morgan fingerprint density at radius 1 is 0.935 bits per heavy atom. The molecular formula is C25H29F5O. The van der Waals surface area contributed by atoms with E-state index in [0.29, 0.717) is 25.2 Å². The third kappa shape index (κ3) is 3.46. The Balaban J connectivity index is 1.82. The topological polar surface area (TPSA) is 20.2 Å². The molecule has 1 unspecified atom stereocenters. The molecule has 0 aromatic heterocycles. The summed E-state index contributed by atoms with van der Waals surface area (Å²) in [5, 5.41) is 10.5. The third-order valence-electron chi connectivity index (χ3n) is 7.46. The van der Waals surface area contributed by atoms with E-state index in [-0.39, 0.29) is 29.4 Å². The second-order valence-corrected chi connectivity index (χ2v) is 9.41. The van der Waals surface area contributed by atoms with Crippen LogP contribution in [0.1, 0.15) is 81.9 Å². The van der Waals surface area contributed by atoms with Crippen LogP contribution < -0.4 is 0 Å². The van der Waals surface area contributed by atoms with E-state index in [1.807, 2.05) is 0 Å². The minimum absolute atomic E-state index is 0.0126. The maximum Gasteiger partial charge on any atom is 0.279 e. The Morgan fingerprint density at radius 2 is 1.58 bits per heavy atom. The van der Waals surface area contributed by atoms with Crippen molar-refractivity contribution in [2.45, 2.75) is 83.2 Å². The van der Waals surface area contributed by atoms with Gasteiger partial charge in [0.1, 0.15) is 5.82 Å². The van der Waals surface area contributed by atoms with Gasteiger partial charge in [0.25, 0.3) is 5.92 Å². The minimum atomic E-state index is -3.49. The van der Waals surface area contributed by atoms with Crippen molar-refractivity contribution >= 4 is 10.8 Å². The number of rotatable bonds is 5. The van der Waals surface area contributed by atoms with E-state index < -0.39 is 45.8 Å². The molecule has 2 aromatic carbocycles. The van der Waals surface area contributed by atoms with Crippen LogP contribution in [-0.2, 0) is 17.9 Å². The molecule has 0 aliphatic heterocycles. The first-order chi connectivity index (χ1) is 14.7. The van der Waals surface area contributed by atoms with Crippen LogP contribution in [0.2, 0.25) is 0 Å². The Bertz CT molecular complexity index is 992. The molecule has 4 rings (SSSR count). The molecule has 1 atom stereocenters. The van der Waals surface area contributed by atoms with E-state index in [9.17, 15) is 22.7 Å². The zero-order valence-electron chi connectivity index (χ0n) is 18.0. The fourth-order valence-electron chi connectivity index (χ4n) is 5.78. The molecule has 6 heteroatoms. The van der Waals surface area contributed by atoms with E-state index >= 15 is 4.39 Å². The maximum absolute atomic E-state index is 15.5. The molecule has 1 saturated carbocycles. The summed E-state index contributed by atoms with van der Waals surface area (Å²) in [4.78, 5) is 0. The van der Waals surface area contributed by atoms with Crippen molar-refractivity contribution < 1.29 is 27.1 Å². The molecule has 2 aliphatic rings. The zero-order valence-corrected chi connectivity index (χ0v) is 18.0. The van der Waals surface area contributed by atoms with Crippen LogP contribution >= 0.6 is 0 Å². The molecule has 170 valence electrons. The van der Waals surface area contributed by atoms with Gasteiger partial charge >= 0.3 is 0 Å². The summed E-state index contributed by atoms with van der Waals surface area (Å²) in [7, 11) is 0. The second-order valence-electron chi connectivity index (χ2n) is 9.41. The average molecular weight is 440 g/mol. The lowest BCUT2D eigenvalue weighted by Crippen LogP contribution is -2.32. The quantitative estimate of drug-likeness (QED) is 0.477. The zero-order chi connectivity index (χ0) is 22.6. The average Bonchev–Trinajstić information content (AvgIpc) is 2.99. The SMILES string of the molecule is CCCC1CCC(O)(c2ccc3c4c(c(F)c(F)c3c2F)C(F)(F)C(CCC)C4)CC1. The Kier molecular flexibility index (Phi) is 5.82. The normalized spacial score (nSPS) is 27.6. The lowest BCUT2D eigenvalue weighted by atomic mass is 9.73. The first-order valence-corrected chi connectivity index (χ1v) is 11.4. The van der Waals surface area contributed by atoms with Crippen LogP contribution in [0.3, 0.4) is 0 Å². The third-order valence-corrected chi connectivity index (χ3v) is 7.46. The number of alkyl halides is 2. The smallest absolute Gasteiger partial charge is 0.279 e. The van der Waals surface area contributed by atoms with Crippen molar-refractivity contribution in [2.24, 2.45) is 11.8 Å². The van der Waals surface area contributed by atoms with Crippen LogP contribution in [0.25, 0.3) is 10.8 Å². The molecule has 1 fully saturated rings. The van der Waals surface area contributed by atoms with Crippen LogP contribution in [0, 0.1) is 29.3 Å². The molecule has 2 aliphatic carbocycles. The predicted molar refractivity (Wildman–Crippen MR) is 111 cm³/mol. The van der Waals surface area contributed by atoms with Gasteiger partial charge in [-0.2, -0.15) is 0 Å². The monoisotopic (exact) mass is 440 g/mol. The number of fused-ring (bicyclic) bond motifs is 3. The summed E-state index contributed by atoms with van der Waals surface area (Å²) < 4.78 is 75.1. The van der Waals surface area contributed by atoms with E-state index in [4.69, 9.17) is 0 Å². The highest BCUT2D eigenvalue weighted by atomic mass is 19.3. The Labute approximate surface area is 179 Å². The van der Waals surface area contributed by atoms with Gasteiger partial charge in [-0.1, -0.05) is 45.2 Å². The summed E-state index contributed by atoms with van der Waals surface area (Å²) in [6.07, 6.45) is 4.75. The van der Waals surface area contributed by atoms with Gasteiger partial charge in [-0.05, 0) is 55.4 Å². The maximum atomic E-state index is 15.5. The van der Waals surface area contributed by atoms with Crippen LogP contribution in [-0.4, -0.2) is 5.11 Å². The summed E-state index contributed by atoms with van der Waals surface area (Å²) >= 11 is 0. The fourth-order valence-corrected chi connectivity index (χ4v) is 5.78. The second kappa shape index (κ2) is 8.02. The van der Waals surface area contributed by atoms with Gasteiger partial charge in [0.15, 0.2) is 11.6 Å². The lowest BCUT2D eigenvalue weighted by molar-refractivity contribution is -0.0581. The molecule has 0 radical (unpaired) electrons. The number of hydrogen-bond donors (Lipinski definition) is 1. The first-order valence-electron chi connectivity index (χ1n) is 11.4. The van der Waals surface area contributed by atoms with Gasteiger partial charge in [-0.3, -0.25) is 0 Å². The largest absolute Gasteiger partial charge is 0.385 e. The minimum Gasteiger partial charge on any atom is -0.385 e. The standard InChI is InChI=1S/C25H29F5O/c1-3-5-14-9-11-24(31,12-10-14)18-8-7-16-17-13-15(6-4-2)25(29,30)20(17)23(28)22(27)19(16)21(18)26/h7-8,14-15,31H,3-6,9-13H2,1-2H3. The van der Waals surface area contributed by atoms with Gasteiger partial charge in [-0.15, -0.1) is 0 Å². The summed E-state index contributed by atoms with van der Waals surface area (Å²) in [6, 6.07) is 2.76. The molecule has 0 heterocycles. The summed E-state index contributed by atoms with van der Waals surface area (Å²) in [6.45, 7) is 3.85. The highest BCUT2D eigenvalue weighted by Crippen LogP contribution is 2.52. The highest BCUT2D eigenvalue weighted by molar-refractivity contribution is 5.90. The molecule has 2 aromatic rings. The number of aliphatic hydroxyl groups is 1. The molecule has 1 N–H and O–H groups in total. The lowest BCUT2D eigenvalue weighted by Gasteiger charge is -2.37. The first kappa shape index (κ1) is 22.5. The van der Waals surface area contributed by atoms with Gasteiger partial charge in [0, 0.05) is 11.5 Å². The Morgan fingerprint density at radius 3 is 2.19 bits per heavy atom. The molecule has 31 heavy (non-hydrogen) atoms. The highest BCUT2D eigenvalue weighted by Gasteiger charge is 2.51. The Hall–Kier alpha value is -1.69. The molecule has 0 bridgehead atoms. The van der Waals surface area contributed by atoms with E-state index in [1.54, 1.807) is 6.92 Å². The van der Waals surface area contributed by atoms with Crippen molar-refractivity contribution in [2.75, 3.05) is 0 Å². The van der Waals surface area contributed by atoms with Crippen LogP contribution in [0.15, 0.2) is 12.1 Å². The van der Waals surface area contributed by atoms with Crippen LogP contribution in [0.5, 0.6) is 0 Å². The van der Waals surface area contributed by atoms with Gasteiger partial charge < -0.3 is 5.11 Å². The molecular weight excluding hydrogens is 411 g/mol.